The Bertz CT molecular complexity index is 771. The van der Waals surface area contributed by atoms with Gasteiger partial charge >= 0.3 is 6.03 Å². The van der Waals surface area contributed by atoms with E-state index in [9.17, 15) is 13.2 Å². The second-order valence-corrected chi connectivity index (χ2v) is 6.22. The van der Waals surface area contributed by atoms with Gasteiger partial charge in [0.25, 0.3) is 0 Å². The maximum absolute atomic E-state index is 12.0. The zero-order chi connectivity index (χ0) is 16.2. The van der Waals surface area contributed by atoms with Crippen LogP contribution < -0.4 is 15.8 Å². The molecule has 0 fully saturated rings. The van der Waals surface area contributed by atoms with Crippen molar-refractivity contribution in [2.24, 2.45) is 5.14 Å². The molecule has 7 heteroatoms. The summed E-state index contributed by atoms with van der Waals surface area (Å²) in [4.78, 5) is 12.0. The van der Waals surface area contributed by atoms with Gasteiger partial charge in [-0.15, -0.1) is 0 Å². The number of carbonyl (C=O) groups is 1. The summed E-state index contributed by atoms with van der Waals surface area (Å²) in [5.41, 5.74) is 2.24. The van der Waals surface area contributed by atoms with E-state index in [4.69, 9.17) is 5.14 Å². The molecular formula is C15H17N3O3S. The van der Waals surface area contributed by atoms with Gasteiger partial charge in [-0.05, 0) is 42.3 Å². The number of anilines is 2. The fraction of sp³-hybridized carbons (Fsp3) is 0.133. The number of para-hydroxylation sites is 1. The fourth-order valence-corrected chi connectivity index (χ4v) is 2.48. The van der Waals surface area contributed by atoms with Crippen LogP contribution >= 0.6 is 0 Å². The molecule has 0 unspecified atom stereocenters. The Balaban J connectivity index is 2.06. The molecule has 2 rings (SSSR count). The maximum Gasteiger partial charge on any atom is 0.323 e. The molecule has 0 aliphatic carbocycles. The van der Waals surface area contributed by atoms with Crippen LogP contribution in [0.2, 0.25) is 0 Å². The van der Waals surface area contributed by atoms with E-state index in [2.05, 4.69) is 10.6 Å². The molecule has 0 heterocycles. The van der Waals surface area contributed by atoms with Crippen LogP contribution in [-0.4, -0.2) is 14.4 Å². The minimum atomic E-state index is -3.73. The van der Waals surface area contributed by atoms with Crippen molar-refractivity contribution in [3.05, 3.63) is 54.1 Å². The number of primary sulfonamides is 1. The molecule has 0 spiro atoms. The summed E-state index contributed by atoms with van der Waals surface area (Å²) in [6.45, 7) is 2.00. The quantitative estimate of drug-likeness (QED) is 0.807. The van der Waals surface area contributed by atoms with Crippen LogP contribution in [0.1, 0.15) is 12.5 Å². The number of urea groups is 1. The Kier molecular flexibility index (Phi) is 4.79. The number of rotatable bonds is 4. The van der Waals surface area contributed by atoms with Gasteiger partial charge in [-0.25, -0.2) is 18.4 Å². The SMILES string of the molecule is CCc1ccccc1NC(=O)Nc1ccc(S(N)(=O)=O)cc1. The van der Waals surface area contributed by atoms with Crippen LogP contribution in [0.5, 0.6) is 0 Å². The number of aryl methyl sites for hydroxylation is 1. The van der Waals surface area contributed by atoms with Gasteiger partial charge in [0, 0.05) is 11.4 Å². The zero-order valence-corrected chi connectivity index (χ0v) is 12.9. The Morgan fingerprint density at radius 2 is 1.68 bits per heavy atom. The van der Waals surface area contributed by atoms with Crippen molar-refractivity contribution < 1.29 is 13.2 Å². The van der Waals surface area contributed by atoms with E-state index in [0.29, 0.717) is 5.69 Å². The summed E-state index contributed by atoms with van der Waals surface area (Å²) in [5.74, 6) is 0. The van der Waals surface area contributed by atoms with E-state index in [0.717, 1.165) is 17.7 Å². The topological polar surface area (TPSA) is 101 Å². The highest BCUT2D eigenvalue weighted by molar-refractivity contribution is 7.89. The molecule has 116 valence electrons. The molecule has 0 atom stereocenters. The van der Waals surface area contributed by atoms with Crippen LogP contribution in [0.3, 0.4) is 0 Å². The molecule has 0 aliphatic rings. The van der Waals surface area contributed by atoms with Crippen LogP contribution in [0, 0.1) is 0 Å². The average Bonchev–Trinajstić information content (AvgIpc) is 2.47. The van der Waals surface area contributed by atoms with Crippen molar-refractivity contribution in [2.75, 3.05) is 10.6 Å². The minimum absolute atomic E-state index is 0.00483. The van der Waals surface area contributed by atoms with Gasteiger partial charge in [-0.2, -0.15) is 0 Å². The van der Waals surface area contributed by atoms with Crippen molar-refractivity contribution in [2.45, 2.75) is 18.2 Å². The summed E-state index contributed by atoms with van der Waals surface area (Å²) in [6, 6.07) is 12.7. The third-order valence-electron chi connectivity index (χ3n) is 3.09. The van der Waals surface area contributed by atoms with Crippen molar-refractivity contribution in [1.29, 1.82) is 0 Å². The number of hydrogen-bond acceptors (Lipinski definition) is 3. The molecule has 22 heavy (non-hydrogen) atoms. The number of sulfonamides is 1. The van der Waals surface area contributed by atoms with Crippen molar-refractivity contribution in [3.63, 3.8) is 0 Å². The smallest absolute Gasteiger partial charge is 0.308 e. The van der Waals surface area contributed by atoms with Gasteiger partial charge in [0.1, 0.15) is 0 Å². The lowest BCUT2D eigenvalue weighted by Gasteiger charge is -2.11. The first-order chi connectivity index (χ1) is 10.4. The predicted molar refractivity (Wildman–Crippen MR) is 86.3 cm³/mol. The first-order valence-corrected chi connectivity index (χ1v) is 8.23. The molecule has 0 radical (unpaired) electrons. The van der Waals surface area contributed by atoms with Gasteiger partial charge in [0.15, 0.2) is 0 Å². The molecule has 0 bridgehead atoms. The molecule has 4 N–H and O–H groups in total. The number of nitrogens with two attached hydrogens (primary N) is 1. The molecule has 0 aromatic heterocycles. The van der Waals surface area contributed by atoms with Crippen LogP contribution in [0.4, 0.5) is 16.2 Å². The third kappa shape index (κ3) is 4.06. The van der Waals surface area contributed by atoms with Gasteiger partial charge < -0.3 is 10.6 Å². The summed E-state index contributed by atoms with van der Waals surface area (Å²) in [7, 11) is -3.73. The monoisotopic (exact) mass is 319 g/mol. The Morgan fingerprint density at radius 3 is 2.27 bits per heavy atom. The second kappa shape index (κ2) is 6.59. The number of amides is 2. The summed E-state index contributed by atoms with van der Waals surface area (Å²) in [6.07, 6.45) is 0.805. The number of carbonyl (C=O) groups excluding carboxylic acids is 1. The van der Waals surface area contributed by atoms with Crippen molar-refractivity contribution in [1.82, 2.24) is 0 Å². The van der Waals surface area contributed by atoms with Crippen LogP contribution in [0.25, 0.3) is 0 Å². The van der Waals surface area contributed by atoms with E-state index < -0.39 is 16.1 Å². The lowest BCUT2D eigenvalue weighted by molar-refractivity contribution is 0.262. The lowest BCUT2D eigenvalue weighted by Crippen LogP contribution is -2.20. The van der Waals surface area contributed by atoms with Crippen molar-refractivity contribution in [3.8, 4) is 0 Å². The lowest BCUT2D eigenvalue weighted by atomic mass is 10.1. The Labute approximate surface area is 129 Å². The van der Waals surface area contributed by atoms with Gasteiger partial charge in [0.05, 0.1) is 4.90 Å². The zero-order valence-electron chi connectivity index (χ0n) is 12.0. The summed E-state index contributed by atoms with van der Waals surface area (Å²) < 4.78 is 22.3. The normalized spacial score (nSPS) is 11.0. The number of hydrogen-bond donors (Lipinski definition) is 3. The first-order valence-electron chi connectivity index (χ1n) is 6.69. The highest BCUT2D eigenvalue weighted by atomic mass is 32.2. The van der Waals surface area contributed by atoms with E-state index in [1.165, 1.54) is 24.3 Å². The van der Waals surface area contributed by atoms with E-state index in [1.54, 1.807) is 0 Å². The second-order valence-electron chi connectivity index (χ2n) is 4.66. The van der Waals surface area contributed by atoms with E-state index >= 15 is 0 Å². The fourth-order valence-electron chi connectivity index (χ4n) is 1.96. The molecule has 2 amide bonds. The Hall–Kier alpha value is -2.38. The molecule has 0 saturated heterocycles. The highest BCUT2D eigenvalue weighted by Gasteiger charge is 2.09. The molecule has 6 nitrogen and oxygen atoms in total. The minimum Gasteiger partial charge on any atom is -0.308 e. The van der Waals surface area contributed by atoms with Gasteiger partial charge in [-0.3, -0.25) is 0 Å². The summed E-state index contributed by atoms with van der Waals surface area (Å²) in [5, 5.41) is 10.4. The molecule has 2 aromatic carbocycles. The number of nitrogens with one attached hydrogen (secondary N) is 2. The van der Waals surface area contributed by atoms with Crippen LogP contribution in [0.15, 0.2) is 53.4 Å². The molecule has 0 saturated carbocycles. The number of benzene rings is 2. The maximum atomic E-state index is 12.0. The third-order valence-corrected chi connectivity index (χ3v) is 4.02. The van der Waals surface area contributed by atoms with Crippen molar-refractivity contribution >= 4 is 27.4 Å². The highest BCUT2D eigenvalue weighted by Crippen LogP contribution is 2.17. The van der Waals surface area contributed by atoms with Gasteiger partial charge in [0.2, 0.25) is 10.0 Å². The molecule has 2 aromatic rings. The van der Waals surface area contributed by atoms with E-state index in [-0.39, 0.29) is 4.90 Å². The summed E-state index contributed by atoms with van der Waals surface area (Å²) >= 11 is 0. The Morgan fingerprint density at radius 1 is 1.05 bits per heavy atom. The average molecular weight is 319 g/mol. The first kappa shape index (κ1) is 16.0. The van der Waals surface area contributed by atoms with Crippen LogP contribution in [-0.2, 0) is 16.4 Å². The largest absolute Gasteiger partial charge is 0.323 e. The molecule has 0 aliphatic heterocycles. The van der Waals surface area contributed by atoms with E-state index in [1.807, 2.05) is 31.2 Å². The molecular weight excluding hydrogens is 302 g/mol. The predicted octanol–water partition coefficient (Wildman–Crippen LogP) is 2.54. The van der Waals surface area contributed by atoms with Gasteiger partial charge in [-0.1, -0.05) is 25.1 Å². The standard InChI is InChI=1S/C15H17N3O3S/c1-2-11-5-3-4-6-14(11)18-15(19)17-12-7-9-13(10-8-12)22(16,20)21/h3-10H,2H2,1H3,(H2,16,20,21)(H2,17,18,19).